The van der Waals surface area contributed by atoms with Gasteiger partial charge >= 0.3 is 18.2 Å². The number of aromatic nitrogens is 2. The maximum absolute atomic E-state index is 13.7. The van der Waals surface area contributed by atoms with E-state index in [1.54, 1.807) is 57.2 Å². The third-order valence-corrected chi connectivity index (χ3v) is 15.1. The van der Waals surface area contributed by atoms with E-state index in [1.807, 2.05) is 10.6 Å². The lowest BCUT2D eigenvalue weighted by molar-refractivity contribution is -0.168. The van der Waals surface area contributed by atoms with Crippen LogP contribution in [0.3, 0.4) is 0 Å². The van der Waals surface area contributed by atoms with Gasteiger partial charge in [0, 0.05) is 80.5 Å². The van der Waals surface area contributed by atoms with E-state index in [0.29, 0.717) is 93.0 Å². The summed E-state index contributed by atoms with van der Waals surface area (Å²) in [5.74, 6) is -2.76. The number of rotatable bonds is 24. The predicted molar refractivity (Wildman–Crippen MR) is 291 cm³/mol. The molecule has 2 aromatic heterocycles. The Morgan fingerprint density at radius 1 is 0.840 bits per heavy atom. The standard InChI is InChI=1S/C56H65N9O15S/c1-5-56(80-31(4)66)38-23-41-50-37(26-65(41)53(81)34(38)16-17-44(56)67)36(35-22-42-43(79-29-78-42)24-40(35)61-50)25-59-46(69)28-77-55(75)76-27-32-12-14-33(15-13-32)60-51(72)39(10-9-20-58-54(57)74)62-52(73)49(30(2)3)63-45(68)11-7-6-8-21-64-47(70)18-19-48(64)71/h12-15,22-24,30,39,49H,5-11,16-21,25-29H2,1-4H3,(H,59,69)(H,60,72)(H,62,73)(H,63,68)(H3,57,58,74)/t39-,49-,56-/m0/s1. The predicted octanol–water partition coefficient (Wildman–Crippen LogP) is 4.90. The fourth-order valence-electron chi connectivity index (χ4n) is 10.4. The lowest BCUT2D eigenvalue weighted by Crippen LogP contribution is -2.54. The molecule has 81 heavy (non-hydrogen) atoms. The molecule has 1 aliphatic carbocycles. The Labute approximate surface area is 470 Å². The fourth-order valence-corrected chi connectivity index (χ4v) is 10.8. The summed E-state index contributed by atoms with van der Waals surface area (Å²) in [6.45, 7) is 6.31. The number of primary amides is 1. The number of fused-ring (bicyclic) bond motifs is 6. The van der Waals surface area contributed by atoms with E-state index in [1.165, 1.54) is 11.8 Å². The summed E-state index contributed by atoms with van der Waals surface area (Å²) in [5, 5.41) is 14.2. The van der Waals surface area contributed by atoms with E-state index in [0.717, 1.165) is 11.1 Å². The number of unbranched alkanes of at least 4 members (excludes halogenated alkanes) is 2. The Morgan fingerprint density at radius 3 is 2.26 bits per heavy atom. The van der Waals surface area contributed by atoms with E-state index in [-0.39, 0.29) is 107 Å². The molecule has 25 heteroatoms. The van der Waals surface area contributed by atoms with Crippen molar-refractivity contribution in [3.8, 4) is 22.9 Å². The molecule has 3 aliphatic heterocycles. The Bertz CT molecular complexity index is 3240. The molecule has 3 atom stereocenters. The number of pyridine rings is 2. The van der Waals surface area contributed by atoms with Gasteiger partial charge < -0.3 is 60.6 Å². The van der Waals surface area contributed by atoms with Crippen LogP contribution in [0, 0.1) is 10.6 Å². The van der Waals surface area contributed by atoms with Gasteiger partial charge in [-0.05, 0) is 85.4 Å². The number of carbonyl (C=O) groups excluding carboxylic acids is 10. The zero-order chi connectivity index (χ0) is 58.1. The molecule has 0 radical (unpaired) electrons. The lowest BCUT2D eigenvalue weighted by atomic mass is 9.76. The number of ketones is 1. The number of hydrogen-bond donors (Lipinski definition) is 6. The van der Waals surface area contributed by atoms with Crippen molar-refractivity contribution >= 4 is 88.2 Å². The number of nitrogens with two attached hydrogens (primary N) is 1. The molecule has 8 rings (SSSR count). The minimum atomic E-state index is -1.50. The quantitative estimate of drug-likeness (QED) is 0.0207. The van der Waals surface area contributed by atoms with Crippen molar-refractivity contribution in [2.24, 2.45) is 11.7 Å². The second-order valence-electron chi connectivity index (χ2n) is 20.5. The molecular weight excluding hydrogens is 1070 g/mol. The Kier molecular flexibility index (Phi) is 18.7. The summed E-state index contributed by atoms with van der Waals surface area (Å²) in [5.41, 5.74) is 8.94. The van der Waals surface area contributed by atoms with E-state index < -0.39 is 60.2 Å². The number of hydrogen-bond acceptors (Lipinski definition) is 17. The highest BCUT2D eigenvalue weighted by Crippen LogP contribution is 2.46. The number of amides is 8. The van der Waals surface area contributed by atoms with Gasteiger partial charge in [0.25, 0.3) is 5.91 Å². The highest BCUT2D eigenvalue weighted by atomic mass is 32.1. The maximum Gasteiger partial charge on any atom is 0.509 e. The lowest BCUT2D eigenvalue weighted by Gasteiger charge is -2.36. The number of likely N-dealkylation sites (tertiary alicyclic amines) is 1. The van der Waals surface area contributed by atoms with Gasteiger partial charge in [-0.25, -0.2) is 14.6 Å². The first-order chi connectivity index (χ1) is 38.8. The van der Waals surface area contributed by atoms with Crippen LogP contribution in [0.2, 0.25) is 0 Å². The monoisotopic (exact) mass is 1140 g/mol. The second kappa shape index (κ2) is 25.8. The molecule has 24 nitrogen and oxygen atoms in total. The highest BCUT2D eigenvalue weighted by Gasteiger charge is 2.47. The number of ether oxygens (including phenoxy) is 5. The van der Waals surface area contributed by atoms with Gasteiger partial charge in [0.05, 0.1) is 23.4 Å². The van der Waals surface area contributed by atoms with Crippen molar-refractivity contribution < 1.29 is 71.6 Å². The van der Waals surface area contributed by atoms with Crippen LogP contribution < -0.4 is 41.8 Å². The third kappa shape index (κ3) is 13.6. The zero-order valence-electron chi connectivity index (χ0n) is 45.5. The Morgan fingerprint density at radius 2 is 1.57 bits per heavy atom. The van der Waals surface area contributed by atoms with Gasteiger partial charge in [0.1, 0.15) is 23.3 Å². The number of urea groups is 1. The molecule has 2 aromatic carbocycles. The average Bonchev–Trinajstić information content (AvgIpc) is 3.50. The molecule has 0 spiro atoms. The molecule has 1 saturated heterocycles. The van der Waals surface area contributed by atoms with E-state index in [2.05, 4.69) is 26.6 Å². The highest BCUT2D eigenvalue weighted by molar-refractivity contribution is 7.71. The summed E-state index contributed by atoms with van der Waals surface area (Å²) in [4.78, 5) is 134. The van der Waals surface area contributed by atoms with Crippen molar-refractivity contribution in [1.82, 2.24) is 35.7 Å². The fraction of sp³-hybridized carbons (Fsp3) is 0.464. The topological polar surface area (TPSA) is 324 Å². The van der Waals surface area contributed by atoms with Crippen LogP contribution in [-0.4, -0.2) is 112 Å². The van der Waals surface area contributed by atoms with Gasteiger partial charge in [-0.3, -0.25) is 43.3 Å². The van der Waals surface area contributed by atoms with Gasteiger partial charge in [0.2, 0.25) is 36.3 Å². The minimum absolute atomic E-state index is 0.0124. The molecular formula is C56H65N9O15S. The molecule has 0 bridgehead atoms. The number of Topliss-reactive ketones (excluding diaryl/α,β-unsaturated/α-hetero) is 1. The largest absolute Gasteiger partial charge is 0.509 e. The number of imide groups is 1. The van der Waals surface area contributed by atoms with Crippen LogP contribution in [0.5, 0.6) is 11.5 Å². The first-order valence-corrected chi connectivity index (χ1v) is 27.3. The van der Waals surface area contributed by atoms with Crippen LogP contribution in [0.25, 0.3) is 22.3 Å². The summed E-state index contributed by atoms with van der Waals surface area (Å²) >= 11 is 6.05. The SMILES string of the molecule is CC[C@@]1(OC(C)=O)C(=O)CCc2c1cc1n(c2=S)Cc2c-1nc1cc3c(cc1c2CNC(=O)COC(=O)OCc1ccc(NC(=O)[C@H](CCCNC(N)=O)NC(=O)[C@@H](NC(=O)CCCCCN2C(=O)CCC2=O)C(C)C)cc1)OCO3. The van der Waals surface area contributed by atoms with Crippen LogP contribution in [-0.2, 0) is 84.3 Å². The number of carbonyl (C=O) groups is 10. The van der Waals surface area contributed by atoms with E-state index in [9.17, 15) is 47.9 Å². The molecule has 5 heterocycles. The smallest absolute Gasteiger partial charge is 0.454 e. The maximum atomic E-state index is 13.7. The Hall–Kier alpha value is -8.48. The molecule has 0 unspecified atom stereocenters. The van der Waals surface area contributed by atoms with Crippen LogP contribution in [0.15, 0.2) is 42.5 Å². The van der Waals surface area contributed by atoms with Gasteiger partial charge in [-0.15, -0.1) is 0 Å². The normalized spacial score (nSPS) is 16.5. The number of nitrogens with one attached hydrogen (secondary N) is 5. The van der Waals surface area contributed by atoms with Crippen molar-refractivity contribution in [2.45, 2.75) is 136 Å². The Balaban J connectivity index is 0.846. The average molecular weight is 1140 g/mol. The summed E-state index contributed by atoms with van der Waals surface area (Å²) in [6.07, 6.45) is 2.12. The molecule has 0 saturated carbocycles. The van der Waals surface area contributed by atoms with Gasteiger partial charge in [-0.2, -0.15) is 0 Å². The third-order valence-electron chi connectivity index (χ3n) is 14.6. The molecule has 7 N–H and O–H groups in total. The van der Waals surface area contributed by atoms with Crippen molar-refractivity contribution in [3.63, 3.8) is 0 Å². The van der Waals surface area contributed by atoms with Crippen LogP contribution in [0.1, 0.15) is 120 Å². The van der Waals surface area contributed by atoms with E-state index in [4.69, 9.17) is 46.6 Å². The molecule has 4 aromatic rings. The van der Waals surface area contributed by atoms with Crippen molar-refractivity contribution in [3.05, 3.63) is 74.9 Å². The van der Waals surface area contributed by atoms with Crippen molar-refractivity contribution in [1.29, 1.82) is 0 Å². The van der Waals surface area contributed by atoms with E-state index >= 15 is 0 Å². The second-order valence-corrected chi connectivity index (χ2v) is 20.9. The van der Waals surface area contributed by atoms with Crippen LogP contribution >= 0.6 is 12.2 Å². The number of esters is 1. The molecule has 430 valence electrons. The summed E-state index contributed by atoms with van der Waals surface area (Å²) < 4.78 is 30.0. The molecule has 4 aliphatic rings. The number of nitrogens with zero attached hydrogens (tertiary/aromatic N) is 3. The zero-order valence-corrected chi connectivity index (χ0v) is 46.3. The molecule has 8 amide bonds. The summed E-state index contributed by atoms with van der Waals surface area (Å²) in [6, 6.07) is 8.79. The first kappa shape index (κ1) is 58.7. The number of benzene rings is 2. The van der Waals surface area contributed by atoms with Gasteiger partial charge in [-0.1, -0.05) is 51.5 Å². The summed E-state index contributed by atoms with van der Waals surface area (Å²) in [7, 11) is 0. The molecule has 1 fully saturated rings. The van der Waals surface area contributed by atoms with Gasteiger partial charge in [0.15, 0.2) is 29.5 Å². The first-order valence-electron chi connectivity index (χ1n) is 26.9. The number of anilines is 1. The van der Waals surface area contributed by atoms with Crippen LogP contribution in [0.4, 0.5) is 15.3 Å². The van der Waals surface area contributed by atoms with Crippen molar-refractivity contribution in [2.75, 3.05) is 31.8 Å². The minimum Gasteiger partial charge on any atom is -0.454 e.